The molecule has 0 saturated heterocycles. The van der Waals surface area contributed by atoms with Gasteiger partial charge in [0.05, 0.1) is 5.92 Å². The van der Waals surface area contributed by atoms with Crippen molar-refractivity contribution in [1.29, 1.82) is 0 Å². The van der Waals surface area contributed by atoms with E-state index in [0.717, 1.165) is 44.2 Å². The number of aryl methyl sites for hydroxylation is 1. The van der Waals surface area contributed by atoms with E-state index in [1.807, 2.05) is 60.7 Å². The fourth-order valence-electron chi connectivity index (χ4n) is 5.02. The maximum Gasteiger partial charge on any atom is 2.00 e. The molecule has 0 amide bonds. The first-order valence-electron chi connectivity index (χ1n) is 14.9. The van der Waals surface area contributed by atoms with Crippen LogP contribution in [-0.4, -0.2) is 0 Å². The molecule has 0 unspecified atom stereocenters. The SMILES string of the molecule is C[C]1[CH][C](C)[C](C)[C]1C.C[C]1[C](C)[C](C)[C](C#Cc2ccc(C#Cc3ccc(C#Cc4ccc(S)cc4)cc3C)cc2)[C]1C.[Fe+2]. The summed E-state index contributed by atoms with van der Waals surface area (Å²) in [7, 11) is 0. The summed E-state index contributed by atoms with van der Waals surface area (Å²) in [4.78, 5) is 0.935. The van der Waals surface area contributed by atoms with Crippen LogP contribution >= 0.6 is 12.6 Å². The van der Waals surface area contributed by atoms with Crippen LogP contribution in [-0.2, 0) is 17.1 Å². The fraction of sp³-hybridized carbons (Fsp3) is 0.209. The summed E-state index contributed by atoms with van der Waals surface area (Å²) >= 11 is 4.31. The standard InChI is InChI=1S/C34H27S.C9H13.Fe/c1-23-22-31(11-10-30-14-19-33(35)20-15-30)13-18-32(23)17-12-28-6-8-29(9-7-28)16-21-34-26(4)24(2)25(3)27(34)5;1-6-5-7(2)9(4)8(6)3;/h6-9,13-15,18-20,22,35H,1-5H3;5H,1-4H3;/q;;+2. The molecule has 224 valence electrons. The third kappa shape index (κ3) is 9.61. The van der Waals surface area contributed by atoms with Crippen LogP contribution in [0.2, 0.25) is 0 Å². The van der Waals surface area contributed by atoms with E-state index >= 15 is 0 Å². The molecule has 2 fully saturated rings. The molecule has 0 N–H and O–H groups in total. The van der Waals surface area contributed by atoms with Gasteiger partial charge in [0.25, 0.3) is 0 Å². The molecule has 2 aliphatic rings. The van der Waals surface area contributed by atoms with E-state index in [0.29, 0.717) is 0 Å². The van der Waals surface area contributed by atoms with Crippen molar-refractivity contribution in [1.82, 2.24) is 0 Å². The minimum atomic E-state index is 0. The average molecular weight is 645 g/mol. The molecule has 10 radical (unpaired) electrons. The van der Waals surface area contributed by atoms with Gasteiger partial charge >= 0.3 is 17.1 Å². The third-order valence-corrected chi connectivity index (χ3v) is 8.92. The zero-order valence-corrected chi connectivity index (χ0v) is 29.7. The summed E-state index contributed by atoms with van der Waals surface area (Å²) in [5.41, 5.74) is 6.04. The van der Waals surface area contributed by atoms with Crippen LogP contribution in [0.15, 0.2) is 71.6 Å². The van der Waals surface area contributed by atoms with Crippen LogP contribution in [0.1, 0.15) is 88.8 Å². The smallest absolute Gasteiger partial charge is 0.143 e. The second kappa shape index (κ2) is 16.7. The first-order chi connectivity index (χ1) is 20.9. The molecule has 5 rings (SSSR count). The Morgan fingerprint density at radius 3 is 1.27 bits per heavy atom. The summed E-state index contributed by atoms with van der Waals surface area (Å²) in [6, 6.07) is 22.1. The van der Waals surface area contributed by atoms with Crippen molar-refractivity contribution in [3.05, 3.63) is 160 Å². The minimum absolute atomic E-state index is 0. The number of thiol groups is 1. The average Bonchev–Trinajstić information content (AvgIpc) is 3.35. The maximum absolute atomic E-state index is 4.31. The first kappa shape index (κ1) is 36.7. The van der Waals surface area contributed by atoms with Crippen LogP contribution < -0.4 is 0 Å². The van der Waals surface area contributed by atoms with E-state index in [4.69, 9.17) is 0 Å². The molecular weight excluding hydrogens is 604 g/mol. The van der Waals surface area contributed by atoms with Crippen molar-refractivity contribution in [2.75, 3.05) is 0 Å². The molecule has 0 bridgehead atoms. The maximum atomic E-state index is 4.31. The van der Waals surface area contributed by atoms with Gasteiger partial charge < -0.3 is 0 Å². The molecule has 3 aromatic rings. The van der Waals surface area contributed by atoms with Gasteiger partial charge in [0, 0.05) is 44.5 Å². The first-order valence-corrected chi connectivity index (χ1v) is 15.4. The van der Waals surface area contributed by atoms with Gasteiger partial charge in [-0.05, 0) is 121 Å². The summed E-state index contributed by atoms with van der Waals surface area (Å²) in [5.74, 6) is 31.8. The van der Waals surface area contributed by atoms with Crippen molar-refractivity contribution in [2.24, 2.45) is 0 Å². The molecule has 0 aromatic heterocycles. The number of rotatable bonds is 0. The second-order valence-corrected chi connectivity index (χ2v) is 12.1. The molecule has 0 nitrogen and oxygen atoms in total. The van der Waals surface area contributed by atoms with Crippen LogP contribution in [0.3, 0.4) is 0 Å². The Morgan fingerprint density at radius 2 is 0.822 bits per heavy atom. The molecule has 0 heterocycles. The predicted molar refractivity (Wildman–Crippen MR) is 189 cm³/mol. The molecular formula is C43H40FeS+2. The summed E-state index contributed by atoms with van der Waals surface area (Å²) < 4.78 is 0. The normalized spacial score (nSPS) is 17.3. The monoisotopic (exact) mass is 644 g/mol. The van der Waals surface area contributed by atoms with Crippen molar-refractivity contribution in [2.45, 2.75) is 67.2 Å². The Balaban J connectivity index is 0.000000476. The van der Waals surface area contributed by atoms with Gasteiger partial charge in [0.15, 0.2) is 0 Å². The van der Waals surface area contributed by atoms with Gasteiger partial charge in [-0.2, -0.15) is 0 Å². The van der Waals surface area contributed by atoms with Crippen molar-refractivity contribution >= 4 is 12.6 Å². The van der Waals surface area contributed by atoms with E-state index < -0.39 is 0 Å². The quantitative estimate of drug-likeness (QED) is 0.141. The van der Waals surface area contributed by atoms with E-state index in [-0.39, 0.29) is 17.1 Å². The zero-order chi connectivity index (χ0) is 32.0. The Kier molecular flexibility index (Phi) is 13.6. The molecule has 0 aliphatic heterocycles. The molecule has 2 saturated carbocycles. The van der Waals surface area contributed by atoms with Gasteiger partial charge in [-0.3, -0.25) is 0 Å². The molecule has 0 atom stereocenters. The Morgan fingerprint density at radius 1 is 0.422 bits per heavy atom. The largest absolute Gasteiger partial charge is 2.00 e. The van der Waals surface area contributed by atoms with Gasteiger partial charge in [-0.1, -0.05) is 90.9 Å². The molecule has 2 heteroatoms. The summed E-state index contributed by atoms with van der Waals surface area (Å²) in [6.07, 6.45) is 2.24. The number of hydrogen-bond donors (Lipinski definition) is 1. The number of benzene rings is 3. The van der Waals surface area contributed by atoms with Gasteiger partial charge in [0.1, 0.15) is 0 Å². The summed E-state index contributed by atoms with van der Waals surface area (Å²) in [5, 5.41) is 0. The van der Waals surface area contributed by atoms with E-state index in [1.165, 1.54) is 47.3 Å². The number of hydrogen-bond acceptors (Lipinski definition) is 1. The zero-order valence-electron chi connectivity index (χ0n) is 27.7. The molecule has 3 aromatic carbocycles. The van der Waals surface area contributed by atoms with Gasteiger partial charge in [-0.25, -0.2) is 0 Å². The summed E-state index contributed by atoms with van der Waals surface area (Å²) in [6.45, 7) is 19.4. The molecule has 0 spiro atoms. The Hall–Kier alpha value is -2.79. The van der Waals surface area contributed by atoms with Crippen molar-refractivity contribution < 1.29 is 17.1 Å². The second-order valence-electron chi connectivity index (χ2n) is 11.5. The fourth-order valence-corrected chi connectivity index (χ4v) is 5.17. The third-order valence-electron chi connectivity index (χ3n) is 8.62. The molecule has 2 aliphatic carbocycles. The Bertz CT molecular complexity index is 1570. The van der Waals surface area contributed by atoms with E-state index in [2.05, 4.69) is 123 Å². The van der Waals surface area contributed by atoms with Crippen molar-refractivity contribution in [3.63, 3.8) is 0 Å². The van der Waals surface area contributed by atoms with Gasteiger partial charge in [-0.15, -0.1) is 12.6 Å². The van der Waals surface area contributed by atoms with Crippen molar-refractivity contribution in [3.8, 4) is 35.5 Å². The van der Waals surface area contributed by atoms with E-state index in [9.17, 15) is 0 Å². The van der Waals surface area contributed by atoms with E-state index in [1.54, 1.807) is 0 Å². The predicted octanol–water partition coefficient (Wildman–Crippen LogP) is 9.98. The Labute approximate surface area is 290 Å². The van der Waals surface area contributed by atoms with Crippen LogP contribution in [0.5, 0.6) is 0 Å². The topological polar surface area (TPSA) is 0 Å². The van der Waals surface area contributed by atoms with Crippen LogP contribution in [0, 0.1) is 102 Å². The van der Waals surface area contributed by atoms with Gasteiger partial charge in [0.2, 0.25) is 0 Å². The van der Waals surface area contributed by atoms with Crippen LogP contribution in [0.4, 0.5) is 0 Å². The minimum Gasteiger partial charge on any atom is -0.143 e. The molecule has 45 heavy (non-hydrogen) atoms. The van der Waals surface area contributed by atoms with Crippen LogP contribution in [0.25, 0.3) is 0 Å².